The molecule has 0 unspecified atom stereocenters. The Morgan fingerprint density at radius 2 is 2.00 bits per heavy atom. The minimum atomic E-state index is -3.73. The van der Waals surface area contributed by atoms with E-state index in [-0.39, 0.29) is 28.6 Å². The van der Waals surface area contributed by atoms with Gasteiger partial charge < -0.3 is 10.1 Å². The molecule has 0 saturated heterocycles. The van der Waals surface area contributed by atoms with Crippen LogP contribution in [0.1, 0.15) is 56.3 Å². The average Bonchev–Trinajstić information content (AvgIpc) is 3.06. The van der Waals surface area contributed by atoms with Crippen LogP contribution in [-0.4, -0.2) is 33.5 Å². The molecule has 1 atom stereocenters. The molecule has 1 saturated carbocycles. The number of sulfonamides is 1. The van der Waals surface area contributed by atoms with E-state index in [1.807, 2.05) is 13.8 Å². The molecule has 0 aliphatic heterocycles. The number of hydrogen-bond donors (Lipinski definition) is 2. The van der Waals surface area contributed by atoms with E-state index in [1.165, 1.54) is 19.2 Å². The molecule has 1 aliphatic carbocycles. The molecular weight excluding hydrogens is 328 g/mol. The van der Waals surface area contributed by atoms with Gasteiger partial charge in [-0.25, -0.2) is 13.1 Å². The Morgan fingerprint density at radius 3 is 2.58 bits per heavy atom. The van der Waals surface area contributed by atoms with E-state index < -0.39 is 10.0 Å². The largest absolute Gasteiger partial charge is 0.495 e. The van der Waals surface area contributed by atoms with Crippen LogP contribution in [0, 0.1) is 0 Å². The molecule has 0 heterocycles. The molecule has 24 heavy (non-hydrogen) atoms. The number of benzene rings is 1. The minimum Gasteiger partial charge on any atom is -0.495 e. The molecule has 0 spiro atoms. The van der Waals surface area contributed by atoms with E-state index in [2.05, 4.69) is 10.0 Å². The second-order valence-corrected chi connectivity index (χ2v) is 7.93. The third-order valence-corrected chi connectivity index (χ3v) is 5.92. The normalized spacial score (nSPS) is 16.8. The Morgan fingerprint density at radius 1 is 1.33 bits per heavy atom. The number of nitrogens with one attached hydrogen (secondary N) is 2. The lowest BCUT2D eigenvalue weighted by atomic mass is 10.2. The van der Waals surface area contributed by atoms with Crippen molar-refractivity contribution in [3.8, 4) is 5.75 Å². The summed E-state index contributed by atoms with van der Waals surface area (Å²) in [6.07, 6.45) is 4.55. The molecule has 1 aliphatic rings. The minimum absolute atomic E-state index is 0.00806. The summed E-state index contributed by atoms with van der Waals surface area (Å²) < 4.78 is 33.3. The molecule has 6 nitrogen and oxygen atoms in total. The van der Waals surface area contributed by atoms with Gasteiger partial charge in [0.2, 0.25) is 10.0 Å². The van der Waals surface area contributed by atoms with Crippen LogP contribution in [0.3, 0.4) is 0 Å². The van der Waals surface area contributed by atoms with Gasteiger partial charge in [0.15, 0.2) is 0 Å². The van der Waals surface area contributed by atoms with Crippen molar-refractivity contribution in [2.75, 3.05) is 7.11 Å². The van der Waals surface area contributed by atoms with Gasteiger partial charge in [-0.2, -0.15) is 0 Å². The quantitative estimate of drug-likeness (QED) is 0.788. The first-order valence-corrected chi connectivity index (χ1v) is 9.87. The highest BCUT2D eigenvalue weighted by molar-refractivity contribution is 7.89. The molecule has 1 aromatic carbocycles. The fourth-order valence-corrected chi connectivity index (χ4v) is 4.26. The van der Waals surface area contributed by atoms with Crippen LogP contribution < -0.4 is 14.8 Å². The van der Waals surface area contributed by atoms with Crippen molar-refractivity contribution in [1.82, 2.24) is 10.0 Å². The summed E-state index contributed by atoms with van der Waals surface area (Å²) in [5.41, 5.74) is 0.308. The van der Waals surface area contributed by atoms with Crippen LogP contribution in [-0.2, 0) is 10.0 Å². The monoisotopic (exact) mass is 354 g/mol. The molecule has 0 aromatic heterocycles. The van der Waals surface area contributed by atoms with E-state index in [0.29, 0.717) is 5.56 Å². The second-order valence-electron chi connectivity index (χ2n) is 6.25. The molecule has 2 rings (SSSR count). The number of carbonyl (C=O) groups excluding carboxylic acids is 1. The number of carbonyl (C=O) groups is 1. The molecule has 1 amide bonds. The molecule has 1 fully saturated rings. The SMILES string of the molecule is CC[C@@H](C)NC(=O)c1ccc(OC)c(S(=O)(=O)NC2CCCC2)c1. The topological polar surface area (TPSA) is 84.5 Å². The summed E-state index contributed by atoms with van der Waals surface area (Å²) in [6, 6.07) is 4.46. The number of hydrogen-bond acceptors (Lipinski definition) is 4. The van der Waals surface area contributed by atoms with Crippen LogP contribution in [0.4, 0.5) is 0 Å². The van der Waals surface area contributed by atoms with Crippen LogP contribution in [0.5, 0.6) is 5.75 Å². The number of methoxy groups -OCH3 is 1. The number of amides is 1. The zero-order valence-electron chi connectivity index (χ0n) is 14.5. The summed E-state index contributed by atoms with van der Waals surface area (Å²) in [5.74, 6) is -0.0510. The molecule has 0 bridgehead atoms. The first-order valence-electron chi connectivity index (χ1n) is 8.38. The van der Waals surface area contributed by atoms with E-state index in [9.17, 15) is 13.2 Å². The van der Waals surface area contributed by atoms with E-state index >= 15 is 0 Å². The first kappa shape index (κ1) is 18.7. The first-order chi connectivity index (χ1) is 11.4. The highest BCUT2D eigenvalue weighted by Gasteiger charge is 2.26. The van der Waals surface area contributed by atoms with Crippen molar-refractivity contribution < 1.29 is 17.9 Å². The van der Waals surface area contributed by atoms with Crippen molar-refractivity contribution >= 4 is 15.9 Å². The average molecular weight is 354 g/mol. The third-order valence-electron chi connectivity index (χ3n) is 4.38. The van der Waals surface area contributed by atoms with Crippen molar-refractivity contribution in [3.05, 3.63) is 23.8 Å². The van der Waals surface area contributed by atoms with Crippen LogP contribution >= 0.6 is 0 Å². The lowest BCUT2D eigenvalue weighted by Gasteiger charge is -2.16. The molecule has 1 aromatic rings. The summed E-state index contributed by atoms with van der Waals surface area (Å²) in [6.45, 7) is 3.88. The van der Waals surface area contributed by atoms with Gasteiger partial charge in [0, 0.05) is 17.6 Å². The van der Waals surface area contributed by atoms with Gasteiger partial charge in [-0.05, 0) is 44.4 Å². The molecule has 134 valence electrons. The van der Waals surface area contributed by atoms with E-state index in [4.69, 9.17) is 4.74 Å². The van der Waals surface area contributed by atoms with Gasteiger partial charge in [0.25, 0.3) is 5.91 Å². The standard InChI is InChI=1S/C17H26N2O4S/c1-4-12(2)18-17(20)13-9-10-15(23-3)16(11-13)24(21,22)19-14-7-5-6-8-14/h9-12,14,19H,4-8H2,1-3H3,(H,18,20)/t12-/m1/s1. The Labute approximate surface area is 144 Å². The Hall–Kier alpha value is -1.60. The van der Waals surface area contributed by atoms with Gasteiger partial charge >= 0.3 is 0 Å². The maximum atomic E-state index is 12.7. The van der Waals surface area contributed by atoms with E-state index in [1.54, 1.807) is 6.07 Å². The lowest BCUT2D eigenvalue weighted by molar-refractivity contribution is 0.0939. The Bertz CT molecular complexity index is 682. The summed E-state index contributed by atoms with van der Waals surface area (Å²) in [4.78, 5) is 12.3. The fraction of sp³-hybridized carbons (Fsp3) is 0.588. The third kappa shape index (κ3) is 4.48. The van der Waals surface area contributed by atoms with Gasteiger partial charge in [-0.1, -0.05) is 19.8 Å². The predicted molar refractivity (Wildman–Crippen MR) is 92.8 cm³/mol. The van der Waals surface area contributed by atoms with Crippen molar-refractivity contribution in [3.63, 3.8) is 0 Å². The maximum Gasteiger partial charge on any atom is 0.251 e. The van der Waals surface area contributed by atoms with Gasteiger partial charge in [0.05, 0.1) is 7.11 Å². The van der Waals surface area contributed by atoms with Crippen LogP contribution in [0.25, 0.3) is 0 Å². The van der Waals surface area contributed by atoms with Crippen LogP contribution in [0.15, 0.2) is 23.1 Å². The van der Waals surface area contributed by atoms with Gasteiger partial charge in [0.1, 0.15) is 10.6 Å². The summed E-state index contributed by atoms with van der Waals surface area (Å²) >= 11 is 0. The molecule has 0 radical (unpaired) electrons. The maximum absolute atomic E-state index is 12.7. The number of ether oxygens (including phenoxy) is 1. The zero-order chi connectivity index (χ0) is 17.7. The van der Waals surface area contributed by atoms with Crippen molar-refractivity contribution in [1.29, 1.82) is 0 Å². The number of rotatable bonds is 7. The second kappa shape index (κ2) is 7.98. The van der Waals surface area contributed by atoms with Crippen LogP contribution in [0.2, 0.25) is 0 Å². The lowest BCUT2D eigenvalue weighted by Crippen LogP contribution is -2.34. The smallest absolute Gasteiger partial charge is 0.251 e. The van der Waals surface area contributed by atoms with Crippen molar-refractivity contribution in [2.45, 2.75) is 62.9 Å². The zero-order valence-corrected chi connectivity index (χ0v) is 15.3. The molecule has 2 N–H and O–H groups in total. The Balaban J connectivity index is 2.29. The predicted octanol–water partition coefficient (Wildman–Crippen LogP) is 2.44. The van der Waals surface area contributed by atoms with Gasteiger partial charge in [-0.3, -0.25) is 4.79 Å². The molecular formula is C17H26N2O4S. The molecule has 7 heteroatoms. The van der Waals surface area contributed by atoms with Crippen molar-refractivity contribution in [2.24, 2.45) is 0 Å². The summed E-state index contributed by atoms with van der Waals surface area (Å²) in [5, 5.41) is 2.84. The van der Waals surface area contributed by atoms with Gasteiger partial charge in [-0.15, -0.1) is 0 Å². The fourth-order valence-electron chi connectivity index (χ4n) is 2.76. The van der Waals surface area contributed by atoms with E-state index in [0.717, 1.165) is 32.1 Å². The summed E-state index contributed by atoms with van der Waals surface area (Å²) in [7, 11) is -2.31. The highest BCUT2D eigenvalue weighted by atomic mass is 32.2. The highest BCUT2D eigenvalue weighted by Crippen LogP contribution is 2.27. The Kier molecular flexibility index (Phi) is 6.23.